The van der Waals surface area contributed by atoms with E-state index < -0.39 is 77.1 Å². The molecule has 0 saturated carbocycles. The van der Waals surface area contributed by atoms with Crippen LogP contribution in [-0.2, 0) is 33.6 Å². The number of rotatable bonds is 12. The van der Waals surface area contributed by atoms with Crippen LogP contribution in [-0.4, -0.2) is 91.9 Å². The smallest absolute Gasteiger partial charge is 0.309 e. The van der Waals surface area contributed by atoms with E-state index in [0.717, 1.165) is 6.42 Å². The number of carboxylic acids is 1. The lowest BCUT2D eigenvalue weighted by molar-refractivity contribution is -0.486. The quantitative estimate of drug-likeness (QED) is 0.130. The van der Waals surface area contributed by atoms with Crippen molar-refractivity contribution in [2.45, 2.75) is 193 Å². The maximum absolute atomic E-state index is 14.4. The van der Waals surface area contributed by atoms with Crippen molar-refractivity contribution in [3.63, 3.8) is 0 Å². The van der Waals surface area contributed by atoms with Crippen LogP contribution in [0.5, 0.6) is 0 Å². The molecule has 52 heavy (non-hydrogen) atoms. The fraction of sp³-hybridized carbons (Fsp3) is 0.902. The minimum Gasteiger partial charge on any atom is -0.481 e. The van der Waals surface area contributed by atoms with Crippen molar-refractivity contribution in [1.82, 2.24) is 0 Å². The Kier molecular flexibility index (Phi) is 14.6. The number of ketones is 1. The lowest BCUT2D eigenvalue weighted by Crippen LogP contribution is -2.58. The maximum atomic E-state index is 14.4. The van der Waals surface area contributed by atoms with Crippen molar-refractivity contribution in [3.8, 4) is 0 Å². The first-order chi connectivity index (χ1) is 24.4. The van der Waals surface area contributed by atoms with Crippen LogP contribution in [0, 0.1) is 41.4 Å². The summed E-state index contributed by atoms with van der Waals surface area (Å²) in [6, 6.07) is 0. The van der Waals surface area contributed by atoms with Gasteiger partial charge in [-0.2, -0.15) is 4.89 Å². The molecule has 5 unspecified atom stereocenters. The number of carbonyl (C=O) groups excluding carboxylic acids is 1. The highest BCUT2D eigenvalue weighted by atomic mass is 17.2. The molecule has 0 aromatic rings. The Bertz CT molecular complexity index is 1230. The summed E-state index contributed by atoms with van der Waals surface area (Å²) in [5, 5.41) is 43.6. The molecule has 11 heteroatoms. The molecule has 3 saturated heterocycles. The third-order valence-corrected chi connectivity index (χ3v) is 13.6. The van der Waals surface area contributed by atoms with Crippen molar-refractivity contribution in [1.29, 1.82) is 0 Å². The molecule has 0 radical (unpaired) electrons. The molecule has 4 heterocycles. The second kappa shape index (κ2) is 17.6. The number of hydrogen-bond donors (Lipinski definition) is 4. The zero-order valence-electron chi connectivity index (χ0n) is 33.5. The molecule has 1 spiro atoms. The summed E-state index contributed by atoms with van der Waals surface area (Å²) in [6.07, 6.45) is 5.12. The SMILES string of the molecule is CCC(C(=O)[C@@H](C)[C@@H](O)[C@H](C)C1OC([C@@H](CC)C(=O)O)CC[C@@H]1C)C1O[C@]2(/C=C\[C@@H](O)CC[C@@](C)(C3CC[C@](O)(CC)[C@H](C)O3)OO2)[C@H](C)C[C@@H]1C. The molecule has 11 nitrogen and oxygen atoms in total. The topological polar surface area (TPSA) is 161 Å². The van der Waals surface area contributed by atoms with Crippen molar-refractivity contribution in [2.75, 3.05) is 0 Å². The second-order valence-electron chi connectivity index (χ2n) is 17.2. The van der Waals surface area contributed by atoms with Gasteiger partial charge in [0.25, 0.3) is 0 Å². The maximum Gasteiger partial charge on any atom is 0.309 e. The fourth-order valence-electron chi connectivity index (χ4n) is 9.53. The summed E-state index contributed by atoms with van der Waals surface area (Å²) in [4.78, 5) is 39.1. The van der Waals surface area contributed by atoms with Crippen LogP contribution >= 0.6 is 0 Å². The van der Waals surface area contributed by atoms with E-state index in [2.05, 4.69) is 13.8 Å². The molecule has 0 amide bonds. The Morgan fingerprint density at radius 3 is 2.15 bits per heavy atom. The molecule has 4 aliphatic rings. The first-order valence-electron chi connectivity index (χ1n) is 20.3. The van der Waals surface area contributed by atoms with Gasteiger partial charge < -0.3 is 34.6 Å². The van der Waals surface area contributed by atoms with Crippen LogP contribution in [0.15, 0.2) is 12.2 Å². The van der Waals surface area contributed by atoms with E-state index in [-0.39, 0.29) is 35.7 Å². The highest BCUT2D eigenvalue weighted by Crippen LogP contribution is 2.47. The Labute approximate surface area is 312 Å². The van der Waals surface area contributed by atoms with Gasteiger partial charge in [-0.3, -0.25) is 9.59 Å². The Balaban J connectivity index is 1.53. The second-order valence-corrected chi connectivity index (χ2v) is 17.2. The van der Waals surface area contributed by atoms with Gasteiger partial charge in [0, 0.05) is 23.7 Å². The summed E-state index contributed by atoms with van der Waals surface area (Å²) in [5.74, 6) is -4.77. The molecule has 4 N–H and O–H groups in total. The molecule has 4 rings (SSSR count). The lowest BCUT2D eigenvalue weighted by atomic mass is 9.73. The van der Waals surface area contributed by atoms with Gasteiger partial charge >= 0.3 is 5.97 Å². The fourth-order valence-corrected chi connectivity index (χ4v) is 9.53. The van der Waals surface area contributed by atoms with Crippen molar-refractivity contribution >= 4 is 11.8 Å². The van der Waals surface area contributed by atoms with Crippen LogP contribution < -0.4 is 0 Å². The van der Waals surface area contributed by atoms with Crippen LogP contribution in [0.3, 0.4) is 0 Å². The van der Waals surface area contributed by atoms with Gasteiger partial charge in [-0.05, 0) is 96.0 Å². The normalized spacial score (nSPS) is 44.0. The largest absolute Gasteiger partial charge is 0.481 e. The van der Waals surface area contributed by atoms with E-state index in [0.29, 0.717) is 57.8 Å². The third-order valence-electron chi connectivity index (χ3n) is 13.6. The monoisotopic (exact) mass is 738 g/mol. The molecule has 0 bridgehead atoms. The predicted octanol–water partition coefficient (Wildman–Crippen LogP) is 6.39. The molecule has 0 aliphatic carbocycles. The summed E-state index contributed by atoms with van der Waals surface area (Å²) in [7, 11) is 0. The van der Waals surface area contributed by atoms with Crippen LogP contribution in [0.25, 0.3) is 0 Å². The Hall–Kier alpha value is -1.44. The average molecular weight is 739 g/mol. The number of hydrogen-bond acceptors (Lipinski definition) is 10. The molecule has 300 valence electrons. The predicted molar refractivity (Wildman–Crippen MR) is 196 cm³/mol. The standard InChI is InChI=1S/C41H70O11/c1-11-30(38(45)46)32-15-14-23(4)36(49-32)27(8)34(43)26(7)35(44)31(12-2)37-24(5)22-25(6)41(50-37)21-17-29(42)16-19-39(10,51-52-41)33-18-20-40(47,13-3)28(9)48-33/h17,21,23-34,36-37,42-43,47H,11-16,18-20,22H2,1-10H3,(H,45,46)/b21-17-/t23-,24-,25+,26-,27-,28-,29-,30+,31?,32?,33?,34+,36?,37?,39-,40+,41-/m0/s1. The lowest BCUT2D eigenvalue weighted by Gasteiger charge is -2.50. The van der Waals surface area contributed by atoms with E-state index in [1.165, 1.54) is 0 Å². The van der Waals surface area contributed by atoms with Gasteiger partial charge in [0.1, 0.15) is 11.4 Å². The molecular formula is C41H70O11. The van der Waals surface area contributed by atoms with E-state index >= 15 is 0 Å². The van der Waals surface area contributed by atoms with Gasteiger partial charge in [0.2, 0.25) is 5.79 Å². The molecule has 0 aromatic carbocycles. The van der Waals surface area contributed by atoms with Crippen LogP contribution in [0.1, 0.15) is 133 Å². The van der Waals surface area contributed by atoms with Crippen LogP contribution in [0.4, 0.5) is 0 Å². The number of aliphatic hydroxyl groups excluding tert-OH is 2. The van der Waals surface area contributed by atoms with Gasteiger partial charge in [-0.25, -0.2) is 4.89 Å². The first kappa shape index (κ1) is 43.3. The summed E-state index contributed by atoms with van der Waals surface area (Å²) in [5.41, 5.74) is -1.86. The third kappa shape index (κ3) is 8.99. The Morgan fingerprint density at radius 2 is 1.56 bits per heavy atom. The molecular weight excluding hydrogens is 668 g/mol. The van der Waals surface area contributed by atoms with E-state index in [4.69, 9.17) is 24.0 Å². The molecule has 17 atom stereocenters. The molecule has 3 fully saturated rings. The van der Waals surface area contributed by atoms with Gasteiger partial charge in [0.05, 0.1) is 54.2 Å². The van der Waals surface area contributed by atoms with Gasteiger partial charge in [-0.15, -0.1) is 0 Å². The zero-order chi connectivity index (χ0) is 38.8. The van der Waals surface area contributed by atoms with E-state index in [9.17, 15) is 30.0 Å². The van der Waals surface area contributed by atoms with Gasteiger partial charge in [0.15, 0.2) is 0 Å². The van der Waals surface area contributed by atoms with E-state index in [1.54, 1.807) is 19.1 Å². The zero-order valence-corrected chi connectivity index (χ0v) is 33.5. The number of carboxylic acid groups (broad SMARTS) is 1. The minimum absolute atomic E-state index is 0.0177. The highest BCUT2D eigenvalue weighted by molar-refractivity contribution is 5.84. The number of aliphatic carboxylic acids is 1. The minimum atomic E-state index is -1.39. The van der Waals surface area contributed by atoms with Gasteiger partial charge in [-0.1, -0.05) is 61.5 Å². The van der Waals surface area contributed by atoms with Crippen molar-refractivity contribution in [2.24, 2.45) is 41.4 Å². The van der Waals surface area contributed by atoms with Crippen LogP contribution in [0.2, 0.25) is 0 Å². The Morgan fingerprint density at radius 1 is 0.885 bits per heavy atom. The summed E-state index contributed by atoms with van der Waals surface area (Å²) < 4.78 is 19.7. The van der Waals surface area contributed by atoms with Crippen molar-refractivity contribution < 1.29 is 54.0 Å². The van der Waals surface area contributed by atoms with Crippen molar-refractivity contribution in [3.05, 3.63) is 12.2 Å². The summed E-state index contributed by atoms with van der Waals surface area (Å²) >= 11 is 0. The number of carbonyl (C=O) groups is 2. The number of aliphatic hydroxyl groups is 3. The average Bonchev–Trinajstić information content (AvgIpc) is 3.17. The highest BCUT2D eigenvalue weighted by Gasteiger charge is 2.54. The van der Waals surface area contributed by atoms with E-state index in [1.807, 2.05) is 48.5 Å². The first-order valence-corrected chi connectivity index (χ1v) is 20.3. The number of Topliss-reactive ketones (excluding diaryl/α,β-unsaturated/α-hetero) is 1. The number of ether oxygens (including phenoxy) is 3. The molecule has 0 aromatic heterocycles. The molecule has 4 aliphatic heterocycles. The summed E-state index contributed by atoms with van der Waals surface area (Å²) in [6.45, 7) is 19.4.